The van der Waals surface area contributed by atoms with Crippen LogP contribution in [0.5, 0.6) is 5.88 Å². The number of halogens is 1. The van der Waals surface area contributed by atoms with Crippen LogP contribution < -0.4 is 10.1 Å². The van der Waals surface area contributed by atoms with E-state index in [0.29, 0.717) is 35.8 Å². The van der Waals surface area contributed by atoms with Gasteiger partial charge in [-0.25, -0.2) is 4.39 Å². The Morgan fingerprint density at radius 1 is 1.10 bits per heavy atom. The molecule has 0 aromatic carbocycles. The number of aromatic nitrogens is 2. The number of nitrogens with zero attached hydrogens (tertiary/aromatic N) is 4. The molecule has 2 aliphatic rings. The third-order valence-corrected chi connectivity index (χ3v) is 7.39. The van der Waals surface area contributed by atoms with Gasteiger partial charge in [-0.15, -0.1) is 10.2 Å². The second-order valence-corrected chi connectivity index (χ2v) is 10.4. The van der Waals surface area contributed by atoms with E-state index in [2.05, 4.69) is 52.6 Å². The quantitative estimate of drug-likeness (QED) is 0.349. The average Bonchev–Trinajstić information content (AvgIpc) is 2.91. The number of carbonyl (C=O) groups is 1. The summed E-state index contributed by atoms with van der Waals surface area (Å²) in [5, 5.41) is 11.5. The second kappa shape index (κ2) is 13.9. The highest BCUT2D eigenvalue weighted by molar-refractivity contribution is 5.73. The van der Waals surface area contributed by atoms with Crippen molar-refractivity contribution in [2.45, 2.75) is 46.7 Å². The van der Waals surface area contributed by atoms with Crippen molar-refractivity contribution in [3.05, 3.63) is 84.2 Å². The zero-order valence-corrected chi connectivity index (χ0v) is 23.8. The minimum atomic E-state index is -1.08. The van der Waals surface area contributed by atoms with Crippen LogP contribution in [0.1, 0.15) is 40.5 Å². The monoisotopic (exact) mass is 535 g/mol. The van der Waals surface area contributed by atoms with Crippen molar-refractivity contribution in [2.75, 3.05) is 44.6 Å². The van der Waals surface area contributed by atoms with Crippen LogP contribution >= 0.6 is 0 Å². The van der Waals surface area contributed by atoms with E-state index < -0.39 is 6.17 Å². The molecular weight excluding hydrogens is 493 g/mol. The van der Waals surface area contributed by atoms with E-state index >= 15 is 0 Å². The third kappa shape index (κ3) is 8.67. The molecule has 2 saturated heterocycles. The summed E-state index contributed by atoms with van der Waals surface area (Å²) >= 11 is 0. The number of amides is 1. The maximum atomic E-state index is 13.2. The Kier molecular flexibility index (Phi) is 10.7. The number of anilines is 1. The van der Waals surface area contributed by atoms with Crippen molar-refractivity contribution in [1.82, 2.24) is 20.0 Å². The number of piperidine rings is 1. The lowest BCUT2D eigenvalue weighted by molar-refractivity contribution is -0.133. The fourth-order valence-electron chi connectivity index (χ4n) is 4.63. The molecule has 1 N–H and O–H groups in total. The van der Waals surface area contributed by atoms with Crippen LogP contribution in [0, 0.1) is 5.41 Å². The molecule has 1 unspecified atom stereocenters. The van der Waals surface area contributed by atoms with Crippen LogP contribution in [-0.4, -0.2) is 71.4 Å². The number of allylic oxidation sites excluding steroid dienone is 5. The smallest absolute Gasteiger partial charge is 0.233 e. The highest BCUT2D eigenvalue weighted by Gasteiger charge is 2.45. The Balaban J connectivity index is 1.40. The first kappa shape index (κ1) is 29.9. The van der Waals surface area contributed by atoms with Gasteiger partial charge in [-0.2, -0.15) is 0 Å². The lowest BCUT2D eigenvalue weighted by Crippen LogP contribution is -2.59. The van der Waals surface area contributed by atoms with E-state index in [4.69, 9.17) is 4.74 Å². The van der Waals surface area contributed by atoms with E-state index in [9.17, 15) is 9.18 Å². The van der Waals surface area contributed by atoms with Gasteiger partial charge in [0.05, 0.1) is 0 Å². The number of hydrogen-bond donors (Lipinski definition) is 1. The second-order valence-electron chi connectivity index (χ2n) is 10.4. The number of carbonyl (C=O) groups excluding carboxylic acids is 1. The molecule has 1 amide bonds. The summed E-state index contributed by atoms with van der Waals surface area (Å²) in [6.45, 7) is 19.6. The van der Waals surface area contributed by atoms with Crippen LogP contribution in [0.3, 0.4) is 0 Å². The molecule has 8 heteroatoms. The lowest BCUT2D eigenvalue weighted by atomic mass is 9.71. The van der Waals surface area contributed by atoms with Gasteiger partial charge in [0.15, 0.2) is 0 Å². The van der Waals surface area contributed by atoms with Gasteiger partial charge in [-0.1, -0.05) is 43.5 Å². The first-order valence-corrected chi connectivity index (χ1v) is 13.5. The first-order valence-electron chi connectivity index (χ1n) is 13.5. The largest absolute Gasteiger partial charge is 0.472 e. The van der Waals surface area contributed by atoms with Crippen LogP contribution in [0.25, 0.3) is 0 Å². The molecule has 2 fully saturated rings. The Morgan fingerprint density at radius 3 is 2.38 bits per heavy atom. The number of hydrogen-bond acceptors (Lipinski definition) is 6. The number of alkyl halides is 1. The van der Waals surface area contributed by atoms with Gasteiger partial charge < -0.3 is 19.9 Å². The number of nitrogens with one attached hydrogen (secondary N) is 1. The molecule has 1 aromatic heterocycles. The average molecular weight is 536 g/mol. The maximum Gasteiger partial charge on any atom is 0.233 e. The SMILES string of the molecule is C=C(/C=C\C(=C/C)N1CC2(CCN(C(C)=O)CC2)C1)CNc1ccc(OCC(/C=C\C(=C)C(C)F)=C/C)nn1. The van der Waals surface area contributed by atoms with Crippen molar-refractivity contribution in [3.63, 3.8) is 0 Å². The van der Waals surface area contributed by atoms with Crippen LogP contribution in [-0.2, 0) is 4.79 Å². The van der Waals surface area contributed by atoms with Gasteiger partial charge in [0, 0.05) is 56.8 Å². The molecule has 2 aliphatic heterocycles. The molecule has 7 nitrogen and oxygen atoms in total. The molecule has 0 bridgehead atoms. The van der Waals surface area contributed by atoms with Crippen molar-refractivity contribution in [2.24, 2.45) is 5.41 Å². The topological polar surface area (TPSA) is 70.6 Å². The minimum Gasteiger partial charge on any atom is -0.472 e. The van der Waals surface area contributed by atoms with Gasteiger partial charge >= 0.3 is 0 Å². The third-order valence-electron chi connectivity index (χ3n) is 7.39. The molecule has 0 aliphatic carbocycles. The van der Waals surface area contributed by atoms with Crippen LogP contribution in [0.15, 0.2) is 84.2 Å². The zero-order valence-electron chi connectivity index (χ0n) is 23.8. The van der Waals surface area contributed by atoms with E-state index in [0.717, 1.165) is 50.2 Å². The number of likely N-dealkylation sites (tertiary alicyclic amines) is 2. The molecule has 1 atom stereocenters. The van der Waals surface area contributed by atoms with Crippen molar-refractivity contribution in [1.29, 1.82) is 0 Å². The standard InChI is InChI=1S/C31H42FN5O2/c1-7-27(11-10-24(4)25(5)32)20-39-30-14-13-29(34-35-30)33-19-23(3)9-12-28(8-2)37-21-31(22-37)15-17-36(18-16-31)26(6)38/h7-14,25H,3-4,15-22H2,1-2,5-6H3,(H,33,34)/b11-10-,12-9-,27-7+,28-8+. The Labute approximate surface area is 232 Å². The Bertz CT molecular complexity index is 1130. The van der Waals surface area contributed by atoms with Crippen LogP contribution in [0.4, 0.5) is 10.2 Å². The fraction of sp³-hybridized carbons (Fsp3) is 0.452. The number of ether oxygens (including phenoxy) is 1. The summed E-state index contributed by atoms with van der Waals surface area (Å²) in [5.41, 5.74) is 3.76. The highest BCUT2D eigenvalue weighted by atomic mass is 19.1. The lowest BCUT2D eigenvalue weighted by Gasteiger charge is -2.55. The van der Waals surface area contributed by atoms with Crippen molar-refractivity contribution < 1.29 is 13.9 Å². The molecule has 3 rings (SSSR count). The van der Waals surface area contributed by atoms with Gasteiger partial charge in [-0.3, -0.25) is 4.79 Å². The molecule has 210 valence electrons. The molecular formula is C31H42FN5O2. The summed E-state index contributed by atoms with van der Waals surface area (Å²) in [7, 11) is 0. The molecule has 1 spiro atoms. The van der Waals surface area contributed by atoms with Gasteiger partial charge in [-0.05, 0) is 62.5 Å². The first-order chi connectivity index (χ1) is 18.6. The summed E-state index contributed by atoms with van der Waals surface area (Å²) in [4.78, 5) is 16.0. The van der Waals surface area contributed by atoms with Crippen molar-refractivity contribution in [3.8, 4) is 5.88 Å². The van der Waals surface area contributed by atoms with Gasteiger partial charge in [0.2, 0.25) is 11.8 Å². The summed E-state index contributed by atoms with van der Waals surface area (Å²) in [6, 6.07) is 3.57. The Hall–Kier alpha value is -3.68. The summed E-state index contributed by atoms with van der Waals surface area (Å²) < 4.78 is 18.9. The normalized spacial score (nSPS) is 18.4. The summed E-state index contributed by atoms with van der Waals surface area (Å²) in [6.07, 6.45) is 12.7. The molecule has 0 radical (unpaired) electrons. The number of rotatable bonds is 12. The Morgan fingerprint density at radius 2 is 1.82 bits per heavy atom. The van der Waals surface area contributed by atoms with Crippen LogP contribution in [0.2, 0.25) is 0 Å². The molecule has 39 heavy (non-hydrogen) atoms. The molecule has 0 saturated carbocycles. The maximum absolute atomic E-state index is 13.2. The minimum absolute atomic E-state index is 0.181. The predicted molar refractivity (Wildman–Crippen MR) is 156 cm³/mol. The highest BCUT2D eigenvalue weighted by Crippen LogP contribution is 2.42. The molecule has 3 heterocycles. The predicted octanol–water partition coefficient (Wildman–Crippen LogP) is 5.64. The van der Waals surface area contributed by atoms with E-state index in [1.54, 1.807) is 25.1 Å². The van der Waals surface area contributed by atoms with Crippen molar-refractivity contribution >= 4 is 11.7 Å². The summed E-state index contributed by atoms with van der Waals surface area (Å²) in [5.74, 6) is 1.21. The molecule has 1 aromatic rings. The zero-order chi connectivity index (χ0) is 28.4. The van der Waals surface area contributed by atoms with E-state index in [-0.39, 0.29) is 5.91 Å². The van der Waals surface area contributed by atoms with Gasteiger partial charge in [0.1, 0.15) is 18.6 Å². The fourth-order valence-corrected chi connectivity index (χ4v) is 4.63. The van der Waals surface area contributed by atoms with E-state index in [1.165, 1.54) is 12.6 Å². The van der Waals surface area contributed by atoms with Gasteiger partial charge in [0.25, 0.3) is 0 Å². The van der Waals surface area contributed by atoms with E-state index in [1.807, 2.05) is 30.0 Å².